The van der Waals surface area contributed by atoms with Crippen molar-refractivity contribution in [1.82, 2.24) is 10.2 Å². The quantitative estimate of drug-likeness (QED) is 0.673. The van der Waals surface area contributed by atoms with E-state index in [0.717, 1.165) is 19.6 Å². The lowest BCUT2D eigenvalue weighted by Crippen LogP contribution is -2.50. The lowest BCUT2D eigenvalue weighted by molar-refractivity contribution is -0.126. The maximum atomic E-state index is 12.0. The van der Waals surface area contributed by atoms with Crippen LogP contribution in [0, 0.1) is 5.41 Å². The first kappa shape index (κ1) is 16.3. The molecule has 0 aromatic rings. The zero-order valence-electron chi connectivity index (χ0n) is 11.5. The van der Waals surface area contributed by atoms with E-state index in [1.807, 2.05) is 6.92 Å². The van der Waals surface area contributed by atoms with Gasteiger partial charge >= 0.3 is 0 Å². The van der Waals surface area contributed by atoms with Crippen LogP contribution >= 0.6 is 12.2 Å². The lowest BCUT2D eigenvalue weighted by atomic mass is 9.92. The van der Waals surface area contributed by atoms with Gasteiger partial charge in [0.2, 0.25) is 5.91 Å². The van der Waals surface area contributed by atoms with Crippen molar-refractivity contribution in [2.75, 3.05) is 19.6 Å². The molecule has 17 heavy (non-hydrogen) atoms. The fourth-order valence-electron chi connectivity index (χ4n) is 1.43. The topological polar surface area (TPSA) is 58.4 Å². The molecule has 0 aliphatic carbocycles. The van der Waals surface area contributed by atoms with Crippen LogP contribution in [-0.2, 0) is 4.79 Å². The third kappa shape index (κ3) is 5.00. The van der Waals surface area contributed by atoms with Crippen LogP contribution in [0.3, 0.4) is 0 Å². The van der Waals surface area contributed by atoms with Gasteiger partial charge in [0.1, 0.15) is 0 Å². The number of carbonyl (C=O) groups excluding carboxylic acids is 1. The predicted octanol–water partition coefficient (Wildman–Crippen LogP) is 1.15. The van der Waals surface area contributed by atoms with Crippen LogP contribution < -0.4 is 11.1 Å². The first-order valence-corrected chi connectivity index (χ1v) is 6.49. The highest BCUT2D eigenvalue weighted by Gasteiger charge is 2.31. The molecule has 0 bridgehead atoms. The van der Waals surface area contributed by atoms with Crippen molar-refractivity contribution < 1.29 is 4.79 Å². The molecule has 0 aromatic carbocycles. The molecule has 1 atom stereocenters. The van der Waals surface area contributed by atoms with Crippen molar-refractivity contribution >= 4 is 23.1 Å². The minimum absolute atomic E-state index is 0.0935. The van der Waals surface area contributed by atoms with E-state index in [1.54, 1.807) is 13.8 Å². The van der Waals surface area contributed by atoms with E-state index in [1.165, 1.54) is 0 Å². The van der Waals surface area contributed by atoms with Crippen LogP contribution in [0.25, 0.3) is 0 Å². The van der Waals surface area contributed by atoms with Crippen LogP contribution in [0.4, 0.5) is 0 Å². The second-order valence-corrected chi connectivity index (χ2v) is 5.29. The molecule has 5 heteroatoms. The van der Waals surface area contributed by atoms with Crippen LogP contribution in [-0.4, -0.2) is 41.5 Å². The summed E-state index contributed by atoms with van der Waals surface area (Å²) in [4.78, 5) is 14.5. The molecule has 1 amide bonds. The summed E-state index contributed by atoms with van der Waals surface area (Å²) in [7, 11) is 0. The van der Waals surface area contributed by atoms with Gasteiger partial charge in [0.15, 0.2) is 0 Å². The van der Waals surface area contributed by atoms with Gasteiger partial charge in [-0.3, -0.25) is 4.79 Å². The fourth-order valence-corrected chi connectivity index (χ4v) is 1.52. The third-order valence-corrected chi connectivity index (χ3v) is 3.50. The number of likely N-dealkylation sites (N-methyl/N-ethyl adjacent to an activating group) is 1. The molecule has 0 saturated carbocycles. The summed E-state index contributed by atoms with van der Waals surface area (Å²) in [6.07, 6.45) is 0. The zero-order valence-corrected chi connectivity index (χ0v) is 12.4. The van der Waals surface area contributed by atoms with Crippen molar-refractivity contribution in [2.45, 2.75) is 40.7 Å². The highest BCUT2D eigenvalue weighted by molar-refractivity contribution is 7.80. The van der Waals surface area contributed by atoms with Gasteiger partial charge in [-0.25, -0.2) is 0 Å². The summed E-state index contributed by atoms with van der Waals surface area (Å²) >= 11 is 4.90. The van der Waals surface area contributed by atoms with Crippen molar-refractivity contribution in [3.05, 3.63) is 0 Å². The molecule has 3 N–H and O–H groups in total. The number of hydrogen-bond donors (Lipinski definition) is 2. The first-order valence-electron chi connectivity index (χ1n) is 6.08. The Labute approximate surface area is 110 Å². The molecular formula is C12H25N3OS. The van der Waals surface area contributed by atoms with Gasteiger partial charge in [0, 0.05) is 12.6 Å². The molecule has 100 valence electrons. The zero-order chi connectivity index (χ0) is 13.6. The Morgan fingerprint density at radius 3 is 2.24 bits per heavy atom. The second kappa shape index (κ2) is 6.91. The van der Waals surface area contributed by atoms with Gasteiger partial charge in [-0.15, -0.1) is 0 Å². The van der Waals surface area contributed by atoms with E-state index < -0.39 is 5.41 Å². The Balaban J connectivity index is 4.34. The summed E-state index contributed by atoms with van der Waals surface area (Å²) in [6.45, 7) is 12.5. The number of nitrogens with zero attached hydrogens (tertiary/aromatic N) is 1. The van der Waals surface area contributed by atoms with Gasteiger partial charge in [-0.1, -0.05) is 26.1 Å². The minimum Gasteiger partial charge on any atom is -0.392 e. The molecule has 0 aromatic heterocycles. The monoisotopic (exact) mass is 259 g/mol. The van der Waals surface area contributed by atoms with Crippen molar-refractivity contribution in [3.8, 4) is 0 Å². The number of carbonyl (C=O) groups is 1. The Kier molecular flexibility index (Phi) is 6.64. The maximum absolute atomic E-state index is 12.0. The number of thiocarbonyl (C=S) groups is 1. The van der Waals surface area contributed by atoms with E-state index in [0.29, 0.717) is 0 Å². The molecule has 0 aliphatic rings. The standard InChI is InChI=1S/C12H25N3OS/c1-6-15(7-2)8-9(3)14-11(16)12(4,5)10(13)17/h9H,6-8H2,1-5H3,(H2,13,17)(H,14,16). The minimum atomic E-state index is -0.785. The van der Waals surface area contributed by atoms with Gasteiger partial charge in [0.25, 0.3) is 0 Å². The van der Waals surface area contributed by atoms with E-state index in [4.69, 9.17) is 18.0 Å². The van der Waals surface area contributed by atoms with Crippen LogP contribution in [0.15, 0.2) is 0 Å². The van der Waals surface area contributed by atoms with Crippen LogP contribution in [0.5, 0.6) is 0 Å². The molecule has 0 saturated heterocycles. The molecule has 0 radical (unpaired) electrons. The highest BCUT2D eigenvalue weighted by atomic mass is 32.1. The molecular weight excluding hydrogens is 234 g/mol. The SMILES string of the molecule is CCN(CC)CC(C)NC(=O)C(C)(C)C(N)=S. The number of amides is 1. The van der Waals surface area contributed by atoms with E-state index in [9.17, 15) is 4.79 Å². The Hall–Kier alpha value is -0.680. The summed E-state index contributed by atoms with van der Waals surface area (Å²) < 4.78 is 0. The number of nitrogens with one attached hydrogen (secondary N) is 1. The summed E-state index contributed by atoms with van der Waals surface area (Å²) in [5.41, 5.74) is 4.78. The number of hydrogen-bond acceptors (Lipinski definition) is 3. The van der Waals surface area contributed by atoms with Gasteiger partial charge in [-0.2, -0.15) is 0 Å². The number of rotatable bonds is 7. The molecule has 0 rings (SSSR count). The average molecular weight is 259 g/mol. The smallest absolute Gasteiger partial charge is 0.232 e. The summed E-state index contributed by atoms with van der Waals surface area (Å²) in [5.74, 6) is -0.107. The molecule has 0 spiro atoms. The third-order valence-electron chi connectivity index (χ3n) is 2.99. The summed E-state index contributed by atoms with van der Waals surface area (Å²) in [5, 5.41) is 2.95. The normalized spacial score (nSPS) is 13.5. The molecule has 0 aliphatic heterocycles. The Morgan fingerprint density at radius 1 is 1.41 bits per heavy atom. The average Bonchev–Trinajstić information content (AvgIpc) is 2.25. The maximum Gasteiger partial charge on any atom is 0.232 e. The van der Waals surface area contributed by atoms with Crippen LogP contribution in [0.2, 0.25) is 0 Å². The molecule has 0 fully saturated rings. The second-order valence-electron chi connectivity index (χ2n) is 4.85. The summed E-state index contributed by atoms with van der Waals surface area (Å²) in [6, 6.07) is 0.0935. The Bertz CT molecular complexity index is 275. The lowest BCUT2D eigenvalue weighted by Gasteiger charge is -2.27. The first-order chi connectivity index (χ1) is 7.75. The van der Waals surface area contributed by atoms with E-state index in [2.05, 4.69) is 24.1 Å². The predicted molar refractivity (Wildman–Crippen MR) is 76.0 cm³/mol. The highest BCUT2D eigenvalue weighted by Crippen LogP contribution is 2.15. The number of nitrogens with two attached hydrogens (primary N) is 1. The van der Waals surface area contributed by atoms with Crippen LogP contribution in [0.1, 0.15) is 34.6 Å². The largest absolute Gasteiger partial charge is 0.392 e. The van der Waals surface area contributed by atoms with Gasteiger partial charge < -0.3 is 16.0 Å². The molecule has 0 heterocycles. The van der Waals surface area contributed by atoms with Crippen molar-refractivity contribution in [1.29, 1.82) is 0 Å². The van der Waals surface area contributed by atoms with E-state index in [-0.39, 0.29) is 16.9 Å². The molecule has 4 nitrogen and oxygen atoms in total. The van der Waals surface area contributed by atoms with Gasteiger partial charge in [0.05, 0.1) is 10.4 Å². The molecule has 1 unspecified atom stereocenters. The van der Waals surface area contributed by atoms with Crippen molar-refractivity contribution in [2.24, 2.45) is 11.1 Å². The Morgan fingerprint density at radius 2 is 1.88 bits per heavy atom. The van der Waals surface area contributed by atoms with Gasteiger partial charge in [-0.05, 0) is 33.9 Å². The fraction of sp³-hybridized carbons (Fsp3) is 0.833. The van der Waals surface area contributed by atoms with Crippen molar-refractivity contribution in [3.63, 3.8) is 0 Å². The van der Waals surface area contributed by atoms with E-state index >= 15 is 0 Å².